The molecule has 16 N–H and O–H groups in total. The van der Waals surface area contributed by atoms with E-state index in [1.807, 2.05) is 86.5 Å². The van der Waals surface area contributed by atoms with Crippen LogP contribution in [0.5, 0.6) is 0 Å². The summed E-state index contributed by atoms with van der Waals surface area (Å²) in [6.07, 6.45) is -2.70. The van der Waals surface area contributed by atoms with Crippen molar-refractivity contribution in [1.82, 2.24) is 10.6 Å². The quantitative estimate of drug-likeness (QED) is 0.0259. The van der Waals surface area contributed by atoms with E-state index < -0.39 is 117 Å². The van der Waals surface area contributed by atoms with Crippen LogP contribution in [0, 0.1) is 10.8 Å². The highest BCUT2D eigenvalue weighted by atomic mass is 32.2. The SMILES string of the molecule is CCCCC1(CCCC)CS(=O)(=O)c2ccc(N(C)C)cc2[C@@H](c2cccc(NC(=O)CCCCNC[C@H](O)[C@@H](O)[C@H](O)[C@H](O)CO)c2)[C@H]1O.CCCCC1(CCCC)CS(=O)(=O)c2ccc(N(C)C)cc2[C@H](c2cccc(NC(=O)CCCCNC[C@H](O)[C@@H](O)[C@H](O)[C@H](O)CO)c2)[C@@H]1O. The Balaban J connectivity index is 0.000000361. The van der Waals surface area contributed by atoms with Gasteiger partial charge in [0.2, 0.25) is 11.8 Å². The molecule has 0 spiro atoms. The zero-order valence-corrected chi connectivity index (χ0v) is 61.6. The number of aliphatic hydroxyl groups excluding tert-OH is 12. The Morgan fingerprint density at radius 3 is 1.11 bits per heavy atom. The van der Waals surface area contributed by atoms with Gasteiger partial charge in [-0.25, -0.2) is 16.8 Å². The van der Waals surface area contributed by atoms with Crippen molar-refractivity contribution in [3.05, 3.63) is 107 Å². The molecule has 100 heavy (non-hydrogen) atoms. The fourth-order valence-electron chi connectivity index (χ4n) is 13.8. The second kappa shape index (κ2) is 40.7. The molecule has 0 bridgehead atoms. The number of nitrogens with zero attached hydrogens (tertiary/aromatic N) is 2. The molecule has 0 aliphatic carbocycles. The third-order valence-electron chi connectivity index (χ3n) is 19.7. The molecule has 0 saturated carbocycles. The third-order valence-corrected chi connectivity index (χ3v) is 23.7. The Morgan fingerprint density at radius 2 is 0.800 bits per heavy atom. The summed E-state index contributed by atoms with van der Waals surface area (Å²) in [4.78, 5) is 30.2. The van der Waals surface area contributed by atoms with Crippen molar-refractivity contribution in [1.29, 1.82) is 0 Å². The molecule has 4 aromatic carbocycles. The first kappa shape index (κ1) is 85.4. The van der Waals surface area contributed by atoms with E-state index in [0.29, 0.717) is 87.0 Å². The summed E-state index contributed by atoms with van der Waals surface area (Å²) in [5.74, 6) is -1.94. The summed E-state index contributed by atoms with van der Waals surface area (Å²) in [6, 6.07) is 25.3. The maximum absolute atomic E-state index is 14.1. The number of nitrogens with one attached hydrogen (secondary N) is 4. The molecule has 0 aromatic heterocycles. The number of benzene rings is 4. The Labute approximate surface area is 593 Å². The Kier molecular flexibility index (Phi) is 34.8. The molecule has 564 valence electrons. The number of fused-ring (bicyclic) bond motifs is 2. The summed E-state index contributed by atoms with van der Waals surface area (Å²) in [5.41, 5.74) is 3.64. The molecule has 2 heterocycles. The zero-order valence-electron chi connectivity index (χ0n) is 59.9. The number of aliphatic hydroxyl groups is 12. The molecule has 6 rings (SSSR count). The van der Waals surface area contributed by atoms with Gasteiger partial charge in [0.1, 0.15) is 36.6 Å². The van der Waals surface area contributed by atoms with Gasteiger partial charge in [-0.15, -0.1) is 0 Å². The van der Waals surface area contributed by atoms with Gasteiger partial charge < -0.3 is 92.3 Å². The number of sulfone groups is 2. The average Bonchev–Trinajstić information content (AvgIpc) is 1.57. The summed E-state index contributed by atoms with van der Waals surface area (Å²) >= 11 is 0. The Bertz CT molecular complexity index is 3150. The topological polar surface area (TPSA) is 400 Å². The van der Waals surface area contributed by atoms with Gasteiger partial charge in [0.15, 0.2) is 19.7 Å². The first-order valence-corrected chi connectivity index (χ1v) is 39.0. The molecular formula is C74H118N6O18S2. The van der Waals surface area contributed by atoms with E-state index in [1.54, 1.807) is 36.4 Å². The third kappa shape index (κ3) is 23.4. The summed E-state index contributed by atoms with van der Waals surface area (Å²) in [7, 11) is 0.0949. The van der Waals surface area contributed by atoms with E-state index >= 15 is 0 Å². The molecule has 2 aliphatic rings. The molecule has 2 aliphatic heterocycles. The van der Waals surface area contributed by atoms with Crippen LogP contribution in [0.1, 0.15) is 177 Å². The highest BCUT2D eigenvalue weighted by Gasteiger charge is 2.51. The largest absolute Gasteiger partial charge is 0.394 e. The van der Waals surface area contributed by atoms with Gasteiger partial charge >= 0.3 is 0 Å². The molecule has 2 amide bonds. The van der Waals surface area contributed by atoms with Crippen LogP contribution in [0.25, 0.3) is 0 Å². The van der Waals surface area contributed by atoms with Gasteiger partial charge in [-0.3, -0.25) is 9.59 Å². The number of anilines is 4. The van der Waals surface area contributed by atoms with Gasteiger partial charge in [0.05, 0.1) is 58.9 Å². The molecule has 26 heteroatoms. The number of hydrogen-bond acceptors (Lipinski definition) is 22. The lowest BCUT2D eigenvalue weighted by Gasteiger charge is -2.40. The minimum Gasteiger partial charge on any atom is -0.394 e. The molecule has 12 atom stereocenters. The molecule has 24 nitrogen and oxygen atoms in total. The predicted molar refractivity (Wildman–Crippen MR) is 390 cm³/mol. The fraction of sp³-hybridized carbons (Fsp3) is 0.649. The standard InChI is InChI=1S/2C37H59N3O9S/c2*1-5-7-17-37(18-8-6-2)24-50(48,49)31-16-15-27(40(3)4)21-28(31)33(36(37)47)25-12-11-13-26(20-25)39-32(44)14-9-10-19-38-22-29(42)34(45)35(46)30(43)23-41/h2*11-13,15-16,20-21,29-30,33-36,38,41-43,45-47H,5-10,14,17-19,22-24H2,1-4H3,(H,39,44)/t29-,30+,33+,34+,35+,36+;29-,30+,33-,34+,35+,36-/m00/s1. The van der Waals surface area contributed by atoms with Gasteiger partial charge in [-0.2, -0.15) is 0 Å². The highest BCUT2D eigenvalue weighted by molar-refractivity contribution is 7.91. The lowest BCUT2D eigenvalue weighted by atomic mass is 9.68. The van der Waals surface area contributed by atoms with Gasteiger partial charge in [-0.05, 0) is 147 Å². The lowest BCUT2D eigenvalue weighted by molar-refractivity contribution is -0.117. The van der Waals surface area contributed by atoms with E-state index in [2.05, 4.69) is 49.0 Å². The van der Waals surface area contributed by atoms with Crippen molar-refractivity contribution in [3.63, 3.8) is 0 Å². The first-order valence-electron chi connectivity index (χ1n) is 35.7. The van der Waals surface area contributed by atoms with Crippen molar-refractivity contribution in [2.75, 3.05) is 99.5 Å². The van der Waals surface area contributed by atoms with Crippen LogP contribution in [0.2, 0.25) is 0 Å². The van der Waals surface area contributed by atoms with E-state index in [9.17, 15) is 77.5 Å². The lowest BCUT2D eigenvalue weighted by Crippen LogP contribution is -2.49. The molecule has 4 aromatic rings. The van der Waals surface area contributed by atoms with Crippen LogP contribution in [0.3, 0.4) is 0 Å². The van der Waals surface area contributed by atoms with Crippen molar-refractivity contribution in [2.24, 2.45) is 10.8 Å². The first-order chi connectivity index (χ1) is 47.4. The molecule has 0 unspecified atom stereocenters. The van der Waals surface area contributed by atoms with E-state index in [0.717, 1.165) is 73.9 Å². The van der Waals surface area contributed by atoms with E-state index in [4.69, 9.17) is 10.2 Å². The van der Waals surface area contributed by atoms with Gasteiger partial charge in [-0.1, -0.05) is 103 Å². The molecule has 0 radical (unpaired) electrons. The average molecular weight is 1440 g/mol. The van der Waals surface area contributed by atoms with Crippen LogP contribution in [0.4, 0.5) is 22.7 Å². The monoisotopic (exact) mass is 1440 g/mol. The highest BCUT2D eigenvalue weighted by Crippen LogP contribution is 2.52. The van der Waals surface area contributed by atoms with Gasteiger partial charge in [0.25, 0.3) is 0 Å². The maximum atomic E-state index is 14.1. The van der Waals surface area contributed by atoms with Crippen LogP contribution >= 0.6 is 0 Å². The number of carbonyl (C=O) groups is 2. The van der Waals surface area contributed by atoms with E-state index in [-0.39, 0.29) is 59.0 Å². The van der Waals surface area contributed by atoms with Crippen molar-refractivity contribution in [2.45, 2.75) is 226 Å². The summed E-state index contributed by atoms with van der Waals surface area (Å²) in [5, 5.41) is 133. The predicted octanol–water partition coefficient (Wildman–Crippen LogP) is 5.07. The zero-order chi connectivity index (χ0) is 74.1. The number of hydrogen-bond donors (Lipinski definition) is 16. The van der Waals surface area contributed by atoms with Crippen LogP contribution in [-0.2, 0) is 29.3 Å². The van der Waals surface area contributed by atoms with Crippen LogP contribution in [-0.4, -0.2) is 230 Å². The van der Waals surface area contributed by atoms with E-state index in [1.165, 1.54) is 0 Å². The van der Waals surface area contributed by atoms with Crippen LogP contribution < -0.4 is 31.1 Å². The smallest absolute Gasteiger partial charge is 0.224 e. The van der Waals surface area contributed by atoms with Crippen molar-refractivity contribution >= 4 is 54.2 Å². The number of rotatable bonds is 40. The number of carbonyl (C=O) groups excluding carboxylic acids is 2. The number of amides is 2. The normalized spacial score (nSPS) is 20.6. The maximum Gasteiger partial charge on any atom is 0.224 e. The minimum atomic E-state index is -3.74. The molecule has 0 saturated heterocycles. The minimum absolute atomic E-state index is 0.0545. The Morgan fingerprint density at radius 1 is 0.470 bits per heavy atom. The summed E-state index contributed by atoms with van der Waals surface area (Å²) < 4.78 is 56.4. The second-order valence-corrected chi connectivity index (χ2v) is 31.9. The van der Waals surface area contributed by atoms with Gasteiger partial charge in [0, 0.05) is 99.5 Å². The number of unbranched alkanes of at least 4 members (excludes halogenated alkanes) is 6. The Hall–Kier alpha value is -5.24. The van der Waals surface area contributed by atoms with Crippen molar-refractivity contribution in [3.8, 4) is 0 Å². The second-order valence-electron chi connectivity index (χ2n) is 28.0. The summed E-state index contributed by atoms with van der Waals surface area (Å²) in [6.45, 7) is 7.53. The fourth-order valence-corrected chi connectivity index (χ4v) is 18.2. The molecular weight excluding hydrogens is 1320 g/mol. The van der Waals surface area contributed by atoms with Crippen molar-refractivity contribution < 1.29 is 87.7 Å². The molecule has 0 fully saturated rings. The van der Waals surface area contributed by atoms with Crippen LogP contribution in [0.15, 0.2) is 94.7 Å².